The summed E-state index contributed by atoms with van der Waals surface area (Å²) in [4.78, 5) is 0. The molecule has 0 radical (unpaired) electrons. The lowest BCUT2D eigenvalue weighted by molar-refractivity contribution is 0.553. The molecular formula is C13H22BrN3S. The topological polar surface area (TPSA) is 43.8 Å². The summed E-state index contributed by atoms with van der Waals surface area (Å²) in [6, 6.07) is 0.250. The Morgan fingerprint density at radius 1 is 1.56 bits per heavy atom. The first-order valence-corrected chi connectivity index (χ1v) is 8.62. The van der Waals surface area contributed by atoms with E-state index in [9.17, 15) is 0 Å². The first-order valence-electron chi connectivity index (χ1n) is 6.78. The minimum atomic E-state index is 0.250. The van der Waals surface area contributed by atoms with Crippen molar-refractivity contribution in [2.24, 2.45) is 5.73 Å². The quantitative estimate of drug-likeness (QED) is 0.901. The average Bonchev–Trinajstić information content (AvgIpc) is 2.99. The molecule has 1 aliphatic rings. The van der Waals surface area contributed by atoms with Crippen molar-refractivity contribution < 1.29 is 0 Å². The Hall–Kier alpha value is -0.000000000000000111. The number of nitrogens with two attached hydrogens (primary N) is 1. The molecule has 2 unspecified atom stereocenters. The highest BCUT2D eigenvalue weighted by molar-refractivity contribution is 9.10. The van der Waals surface area contributed by atoms with E-state index in [1.54, 1.807) is 0 Å². The van der Waals surface area contributed by atoms with Crippen LogP contribution in [0.4, 0.5) is 0 Å². The predicted molar refractivity (Wildman–Crippen MR) is 82.1 cm³/mol. The molecule has 1 fully saturated rings. The Bertz CT molecular complexity index is 399. The average molecular weight is 332 g/mol. The van der Waals surface area contributed by atoms with Gasteiger partial charge in [-0.3, -0.25) is 4.68 Å². The fourth-order valence-corrected chi connectivity index (χ4v) is 4.55. The number of hydrogen-bond donors (Lipinski definition) is 1. The van der Waals surface area contributed by atoms with Crippen LogP contribution in [0.3, 0.4) is 0 Å². The van der Waals surface area contributed by atoms with Crippen molar-refractivity contribution in [3.05, 3.63) is 15.9 Å². The minimum absolute atomic E-state index is 0.250. The predicted octanol–water partition coefficient (Wildman–Crippen LogP) is 2.99. The summed E-state index contributed by atoms with van der Waals surface area (Å²) in [6.07, 6.45) is 4.48. The molecule has 1 saturated heterocycles. The van der Waals surface area contributed by atoms with E-state index in [0.717, 1.165) is 25.1 Å². The van der Waals surface area contributed by atoms with Crippen molar-refractivity contribution in [2.75, 3.05) is 5.75 Å². The number of halogens is 1. The van der Waals surface area contributed by atoms with E-state index in [-0.39, 0.29) is 6.04 Å². The standard InChI is InChI=1S/C13H22BrN3S/c1-3-10-13(14)11(17(4-2)16-10)8-9(15)12-6-5-7-18-12/h9,12H,3-8,15H2,1-2H3. The smallest absolute Gasteiger partial charge is 0.0766 e. The molecule has 1 aromatic heterocycles. The molecule has 0 aromatic carbocycles. The van der Waals surface area contributed by atoms with Crippen molar-refractivity contribution in [3.8, 4) is 0 Å². The van der Waals surface area contributed by atoms with Gasteiger partial charge in [-0.05, 0) is 47.9 Å². The maximum atomic E-state index is 6.37. The number of aryl methyl sites for hydroxylation is 2. The van der Waals surface area contributed by atoms with Crippen molar-refractivity contribution >= 4 is 27.7 Å². The first kappa shape index (κ1) is 14.4. The molecule has 18 heavy (non-hydrogen) atoms. The number of rotatable bonds is 5. The van der Waals surface area contributed by atoms with Gasteiger partial charge in [-0.1, -0.05) is 6.92 Å². The summed E-state index contributed by atoms with van der Waals surface area (Å²) in [5, 5.41) is 5.26. The molecule has 102 valence electrons. The van der Waals surface area contributed by atoms with E-state index in [1.165, 1.54) is 28.8 Å². The van der Waals surface area contributed by atoms with Gasteiger partial charge in [0.2, 0.25) is 0 Å². The van der Waals surface area contributed by atoms with Crippen molar-refractivity contribution in [3.63, 3.8) is 0 Å². The van der Waals surface area contributed by atoms with Gasteiger partial charge in [-0.25, -0.2) is 0 Å². The zero-order valence-electron chi connectivity index (χ0n) is 11.2. The van der Waals surface area contributed by atoms with Crippen LogP contribution in [0.15, 0.2) is 4.47 Å². The number of nitrogens with zero attached hydrogens (tertiary/aromatic N) is 2. The molecule has 2 heterocycles. The Morgan fingerprint density at radius 3 is 2.89 bits per heavy atom. The molecule has 0 saturated carbocycles. The van der Waals surface area contributed by atoms with E-state index in [2.05, 4.69) is 39.6 Å². The van der Waals surface area contributed by atoms with E-state index >= 15 is 0 Å². The lowest BCUT2D eigenvalue weighted by Crippen LogP contribution is -2.34. The molecule has 5 heteroatoms. The number of hydrogen-bond acceptors (Lipinski definition) is 3. The van der Waals surface area contributed by atoms with Crippen LogP contribution in [-0.4, -0.2) is 26.8 Å². The first-order chi connectivity index (χ1) is 8.67. The highest BCUT2D eigenvalue weighted by atomic mass is 79.9. The Balaban J connectivity index is 2.14. The largest absolute Gasteiger partial charge is 0.326 e. The zero-order chi connectivity index (χ0) is 13.1. The van der Waals surface area contributed by atoms with Gasteiger partial charge < -0.3 is 5.73 Å². The lowest BCUT2D eigenvalue weighted by atomic mass is 10.0. The normalized spacial score (nSPS) is 21.4. The third-order valence-electron chi connectivity index (χ3n) is 3.57. The molecule has 1 aromatic rings. The molecule has 0 bridgehead atoms. The van der Waals surface area contributed by atoms with Gasteiger partial charge in [0.1, 0.15) is 0 Å². The lowest BCUT2D eigenvalue weighted by Gasteiger charge is -2.18. The Morgan fingerprint density at radius 2 is 2.33 bits per heavy atom. The minimum Gasteiger partial charge on any atom is -0.326 e. The van der Waals surface area contributed by atoms with Crippen LogP contribution in [-0.2, 0) is 19.4 Å². The van der Waals surface area contributed by atoms with Crippen LogP contribution in [0.25, 0.3) is 0 Å². The number of thioether (sulfide) groups is 1. The van der Waals surface area contributed by atoms with E-state index in [0.29, 0.717) is 5.25 Å². The summed E-state index contributed by atoms with van der Waals surface area (Å²) in [6.45, 7) is 5.19. The molecule has 2 rings (SSSR count). The van der Waals surface area contributed by atoms with Crippen molar-refractivity contribution in [1.29, 1.82) is 0 Å². The Kier molecular flexibility index (Phi) is 5.15. The molecule has 2 N–H and O–H groups in total. The van der Waals surface area contributed by atoms with Crippen LogP contribution < -0.4 is 5.73 Å². The fourth-order valence-electron chi connectivity index (χ4n) is 2.51. The second-order valence-electron chi connectivity index (χ2n) is 4.80. The number of aromatic nitrogens is 2. The summed E-state index contributed by atoms with van der Waals surface area (Å²) in [5.74, 6) is 1.27. The van der Waals surface area contributed by atoms with Gasteiger partial charge >= 0.3 is 0 Å². The van der Waals surface area contributed by atoms with Gasteiger partial charge in [-0.2, -0.15) is 16.9 Å². The van der Waals surface area contributed by atoms with Crippen LogP contribution in [0.2, 0.25) is 0 Å². The molecule has 3 nitrogen and oxygen atoms in total. The third kappa shape index (κ3) is 2.94. The third-order valence-corrected chi connectivity index (χ3v) is 6.02. The summed E-state index contributed by atoms with van der Waals surface area (Å²) < 4.78 is 3.27. The second-order valence-corrected chi connectivity index (χ2v) is 6.94. The zero-order valence-corrected chi connectivity index (χ0v) is 13.6. The second kappa shape index (κ2) is 6.44. The van der Waals surface area contributed by atoms with E-state index in [1.807, 2.05) is 11.8 Å². The summed E-state index contributed by atoms with van der Waals surface area (Å²) in [7, 11) is 0. The van der Waals surface area contributed by atoms with Crippen LogP contribution in [0, 0.1) is 0 Å². The molecule has 0 spiro atoms. The van der Waals surface area contributed by atoms with Crippen molar-refractivity contribution in [2.45, 2.75) is 57.4 Å². The summed E-state index contributed by atoms with van der Waals surface area (Å²) in [5.41, 5.74) is 8.80. The van der Waals surface area contributed by atoms with Gasteiger partial charge in [0.15, 0.2) is 0 Å². The maximum Gasteiger partial charge on any atom is 0.0766 e. The SMILES string of the molecule is CCc1nn(CC)c(CC(N)C2CCCS2)c1Br. The molecule has 1 aliphatic heterocycles. The molecule has 0 amide bonds. The highest BCUT2D eigenvalue weighted by Crippen LogP contribution is 2.31. The van der Waals surface area contributed by atoms with Gasteiger partial charge in [0.05, 0.1) is 15.9 Å². The van der Waals surface area contributed by atoms with Crippen LogP contribution in [0.1, 0.15) is 38.1 Å². The van der Waals surface area contributed by atoms with Gasteiger partial charge in [0.25, 0.3) is 0 Å². The maximum absolute atomic E-state index is 6.37. The van der Waals surface area contributed by atoms with Crippen LogP contribution in [0.5, 0.6) is 0 Å². The highest BCUT2D eigenvalue weighted by Gasteiger charge is 2.25. The van der Waals surface area contributed by atoms with E-state index < -0.39 is 0 Å². The molecule has 2 atom stereocenters. The van der Waals surface area contributed by atoms with Gasteiger partial charge in [0, 0.05) is 24.3 Å². The molecular weight excluding hydrogens is 310 g/mol. The fraction of sp³-hybridized carbons (Fsp3) is 0.769. The van der Waals surface area contributed by atoms with Crippen molar-refractivity contribution in [1.82, 2.24) is 9.78 Å². The van der Waals surface area contributed by atoms with Crippen LogP contribution >= 0.6 is 27.7 Å². The van der Waals surface area contributed by atoms with E-state index in [4.69, 9.17) is 5.73 Å². The van der Waals surface area contributed by atoms with Gasteiger partial charge in [-0.15, -0.1) is 0 Å². The Labute approximate surface area is 122 Å². The summed E-state index contributed by atoms with van der Waals surface area (Å²) >= 11 is 5.73. The monoisotopic (exact) mass is 331 g/mol. The molecule has 0 aliphatic carbocycles.